The number of unbranched alkanes of at least 4 members (excludes halogenated alkanes) is 21. The fourth-order valence-corrected chi connectivity index (χ4v) is 6.53. The first-order chi connectivity index (χ1) is 27.3. The summed E-state index contributed by atoms with van der Waals surface area (Å²) in [7, 11) is -4.77. The Balaban J connectivity index is 3.94. The molecule has 0 aromatic heterocycles. The Labute approximate surface area is 343 Å². The van der Waals surface area contributed by atoms with Gasteiger partial charge in [0.05, 0.1) is 6.61 Å². The van der Waals surface area contributed by atoms with Gasteiger partial charge < -0.3 is 19.3 Å². The first-order valence-electron chi connectivity index (χ1n) is 22.6. The summed E-state index contributed by atoms with van der Waals surface area (Å²) in [5.41, 5.74) is 0. The molecule has 324 valence electrons. The molecule has 0 aliphatic carbocycles. The highest BCUT2D eigenvalue weighted by molar-refractivity contribution is 7.46. The Morgan fingerprint density at radius 1 is 0.482 bits per heavy atom. The number of esters is 2. The number of hydrogen-bond acceptors (Lipinski definition) is 6. The summed E-state index contributed by atoms with van der Waals surface area (Å²) < 4.78 is 26.4. The predicted molar refractivity (Wildman–Crippen MR) is 234 cm³/mol. The van der Waals surface area contributed by atoms with Crippen molar-refractivity contribution in [1.29, 1.82) is 0 Å². The molecular formula is C47H83O8P. The van der Waals surface area contributed by atoms with Crippen molar-refractivity contribution in [2.24, 2.45) is 0 Å². The summed E-state index contributed by atoms with van der Waals surface area (Å²) in [6.07, 6.45) is 53.9. The highest BCUT2D eigenvalue weighted by Gasteiger charge is 2.22. The van der Waals surface area contributed by atoms with Crippen molar-refractivity contribution >= 4 is 19.8 Å². The second-order valence-electron chi connectivity index (χ2n) is 15.0. The summed E-state index contributed by atoms with van der Waals surface area (Å²) in [6.45, 7) is 3.54. The number of allylic oxidation sites excluding steroid dienone is 10. The number of carbonyl (C=O) groups excluding carboxylic acids is 2. The van der Waals surface area contributed by atoms with E-state index in [0.29, 0.717) is 12.8 Å². The van der Waals surface area contributed by atoms with Crippen LogP contribution in [0.4, 0.5) is 0 Å². The van der Waals surface area contributed by atoms with E-state index in [0.717, 1.165) is 77.0 Å². The standard InChI is InChI=1S/C47H83O8P/c1-3-5-7-9-11-13-15-17-19-20-21-22-23-24-25-26-28-30-32-34-36-38-40-42-47(49)55-45(44-54-56(50,51)52)43-53-46(48)41-39-37-35-33-31-29-27-18-16-14-12-10-8-6-4-2/h6,8,12,14,18,26-28,34,36,45H,3-5,7,9-11,13,15-17,19-25,29-33,35,37-44H2,1-2H3,(H2,50,51,52)/b8-6+,14-12+,27-18+,28-26+,36-34+/t45-/m1/s1. The average molecular weight is 807 g/mol. The largest absolute Gasteiger partial charge is 0.469 e. The van der Waals surface area contributed by atoms with Crippen LogP contribution in [0, 0.1) is 0 Å². The third-order valence-electron chi connectivity index (χ3n) is 9.50. The molecule has 0 radical (unpaired) electrons. The fourth-order valence-electron chi connectivity index (χ4n) is 6.17. The smallest absolute Gasteiger partial charge is 0.462 e. The Bertz CT molecular complexity index is 1090. The molecule has 0 fully saturated rings. The zero-order valence-electron chi connectivity index (χ0n) is 35.8. The molecule has 0 aromatic carbocycles. The van der Waals surface area contributed by atoms with E-state index < -0.39 is 32.5 Å². The maximum atomic E-state index is 12.4. The Morgan fingerprint density at radius 3 is 1.41 bits per heavy atom. The van der Waals surface area contributed by atoms with Gasteiger partial charge in [-0.2, -0.15) is 0 Å². The summed E-state index contributed by atoms with van der Waals surface area (Å²) in [6, 6.07) is 0. The molecule has 0 unspecified atom stereocenters. The van der Waals surface area contributed by atoms with E-state index in [-0.39, 0.29) is 19.4 Å². The van der Waals surface area contributed by atoms with Gasteiger partial charge in [-0.05, 0) is 77.0 Å². The van der Waals surface area contributed by atoms with Crippen LogP contribution in [0.2, 0.25) is 0 Å². The lowest BCUT2D eigenvalue weighted by Gasteiger charge is -2.18. The van der Waals surface area contributed by atoms with Gasteiger partial charge in [-0.15, -0.1) is 0 Å². The Kier molecular flexibility index (Phi) is 40.7. The summed E-state index contributed by atoms with van der Waals surface area (Å²) in [4.78, 5) is 42.9. The first-order valence-corrected chi connectivity index (χ1v) is 24.1. The normalized spacial score (nSPS) is 13.0. The maximum absolute atomic E-state index is 12.4. The van der Waals surface area contributed by atoms with Gasteiger partial charge in [0.15, 0.2) is 6.10 Å². The number of carbonyl (C=O) groups is 2. The number of ether oxygens (including phenoxy) is 2. The maximum Gasteiger partial charge on any atom is 0.469 e. The van der Waals surface area contributed by atoms with Crippen molar-refractivity contribution in [3.8, 4) is 0 Å². The summed E-state index contributed by atoms with van der Waals surface area (Å²) >= 11 is 0. The van der Waals surface area contributed by atoms with Gasteiger partial charge in [0.25, 0.3) is 0 Å². The van der Waals surface area contributed by atoms with Crippen LogP contribution in [0.25, 0.3) is 0 Å². The summed E-state index contributed by atoms with van der Waals surface area (Å²) in [5, 5.41) is 0. The number of phosphoric acid groups is 1. The van der Waals surface area contributed by atoms with Crippen LogP contribution in [-0.4, -0.2) is 41.0 Å². The monoisotopic (exact) mass is 807 g/mol. The second-order valence-corrected chi connectivity index (χ2v) is 16.2. The van der Waals surface area contributed by atoms with Gasteiger partial charge in [0.1, 0.15) is 6.61 Å². The van der Waals surface area contributed by atoms with Crippen LogP contribution in [-0.2, 0) is 28.2 Å². The molecular weight excluding hydrogens is 723 g/mol. The third-order valence-corrected chi connectivity index (χ3v) is 9.98. The zero-order valence-corrected chi connectivity index (χ0v) is 36.7. The van der Waals surface area contributed by atoms with Crippen LogP contribution in [0.15, 0.2) is 60.8 Å². The van der Waals surface area contributed by atoms with Gasteiger partial charge >= 0.3 is 19.8 Å². The van der Waals surface area contributed by atoms with E-state index in [1.807, 2.05) is 0 Å². The minimum absolute atomic E-state index is 0.146. The quantitative estimate of drug-likeness (QED) is 0.0271. The van der Waals surface area contributed by atoms with E-state index in [1.165, 1.54) is 89.9 Å². The van der Waals surface area contributed by atoms with Crippen molar-refractivity contribution in [1.82, 2.24) is 0 Å². The lowest BCUT2D eigenvalue weighted by molar-refractivity contribution is -0.161. The van der Waals surface area contributed by atoms with Gasteiger partial charge in [-0.3, -0.25) is 14.1 Å². The fraction of sp³-hybridized carbons (Fsp3) is 0.745. The van der Waals surface area contributed by atoms with Crippen molar-refractivity contribution in [2.45, 2.75) is 213 Å². The molecule has 0 aliphatic rings. The molecule has 0 spiro atoms. The SMILES string of the molecule is CC/C=C/C/C=C/C/C=C/CCCCCCCC(=O)OC[C@H](COP(=O)(O)O)OC(=O)CCC/C=C/CC/C=C/CCCCCCCCCCCCCCCC. The highest BCUT2D eigenvalue weighted by atomic mass is 31.2. The van der Waals surface area contributed by atoms with Crippen molar-refractivity contribution in [3.05, 3.63) is 60.8 Å². The van der Waals surface area contributed by atoms with Gasteiger partial charge in [-0.25, -0.2) is 4.57 Å². The van der Waals surface area contributed by atoms with E-state index >= 15 is 0 Å². The van der Waals surface area contributed by atoms with E-state index in [4.69, 9.17) is 19.3 Å². The van der Waals surface area contributed by atoms with Gasteiger partial charge in [0, 0.05) is 12.8 Å². The Morgan fingerprint density at radius 2 is 0.893 bits per heavy atom. The van der Waals surface area contributed by atoms with Crippen LogP contribution in [0.3, 0.4) is 0 Å². The van der Waals surface area contributed by atoms with Crippen LogP contribution in [0.5, 0.6) is 0 Å². The molecule has 0 saturated heterocycles. The zero-order chi connectivity index (χ0) is 41.1. The second kappa shape index (κ2) is 42.4. The van der Waals surface area contributed by atoms with E-state index in [1.54, 1.807) is 0 Å². The van der Waals surface area contributed by atoms with Crippen LogP contribution in [0.1, 0.15) is 206 Å². The number of rotatable bonds is 41. The molecule has 0 saturated carbocycles. The lowest BCUT2D eigenvalue weighted by Crippen LogP contribution is -2.29. The molecule has 2 N–H and O–H groups in total. The molecule has 8 nitrogen and oxygen atoms in total. The number of hydrogen-bond donors (Lipinski definition) is 2. The molecule has 0 rings (SSSR count). The Hall–Kier alpha value is -2.25. The van der Waals surface area contributed by atoms with Crippen LogP contribution >= 0.6 is 7.82 Å². The molecule has 0 aromatic rings. The molecule has 0 bridgehead atoms. The molecule has 9 heteroatoms. The third kappa shape index (κ3) is 44.5. The minimum atomic E-state index is -4.77. The molecule has 0 heterocycles. The van der Waals surface area contributed by atoms with Gasteiger partial charge in [0.2, 0.25) is 0 Å². The first kappa shape index (κ1) is 53.8. The van der Waals surface area contributed by atoms with Crippen molar-refractivity contribution < 1.29 is 37.9 Å². The molecule has 0 amide bonds. The van der Waals surface area contributed by atoms with Crippen molar-refractivity contribution in [3.63, 3.8) is 0 Å². The van der Waals surface area contributed by atoms with E-state index in [9.17, 15) is 14.2 Å². The number of phosphoric ester groups is 1. The lowest BCUT2D eigenvalue weighted by atomic mass is 10.0. The average Bonchev–Trinajstić information content (AvgIpc) is 3.17. The minimum Gasteiger partial charge on any atom is -0.462 e. The highest BCUT2D eigenvalue weighted by Crippen LogP contribution is 2.36. The van der Waals surface area contributed by atoms with Gasteiger partial charge in [-0.1, -0.05) is 177 Å². The molecule has 0 aliphatic heterocycles. The van der Waals surface area contributed by atoms with E-state index in [2.05, 4.69) is 79.1 Å². The van der Waals surface area contributed by atoms with Crippen molar-refractivity contribution in [2.75, 3.05) is 13.2 Å². The topological polar surface area (TPSA) is 119 Å². The summed E-state index contributed by atoms with van der Waals surface area (Å²) in [5.74, 6) is -0.954. The molecule has 56 heavy (non-hydrogen) atoms. The predicted octanol–water partition coefficient (Wildman–Crippen LogP) is 14.1. The molecule has 1 atom stereocenters. The van der Waals surface area contributed by atoms with Crippen LogP contribution < -0.4 is 0 Å².